The van der Waals surface area contributed by atoms with Crippen LogP contribution in [0.25, 0.3) is 10.9 Å². The summed E-state index contributed by atoms with van der Waals surface area (Å²) in [6, 6.07) is 4.16. The Hall–Kier alpha value is -0.990. The van der Waals surface area contributed by atoms with Crippen LogP contribution in [0.5, 0.6) is 0 Å². The van der Waals surface area contributed by atoms with Crippen LogP contribution in [0.4, 0.5) is 0 Å². The van der Waals surface area contributed by atoms with E-state index < -0.39 is 0 Å². The van der Waals surface area contributed by atoms with Gasteiger partial charge in [0.05, 0.1) is 5.52 Å². The van der Waals surface area contributed by atoms with Gasteiger partial charge in [0.2, 0.25) is 0 Å². The SMILES string of the molecule is Cc1[nH]c2c(C)c(Cl)ccc2c1C1(CN)CCCC1. The molecular formula is C16H21ClN2. The smallest absolute Gasteiger partial charge is 0.0503 e. The summed E-state index contributed by atoms with van der Waals surface area (Å²) in [5, 5.41) is 2.14. The van der Waals surface area contributed by atoms with E-state index in [-0.39, 0.29) is 5.41 Å². The minimum absolute atomic E-state index is 0.169. The number of aromatic nitrogens is 1. The van der Waals surface area contributed by atoms with Gasteiger partial charge in [-0.1, -0.05) is 30.5 Å². The fourth-order valence-corrected chi connectivity index (χ4v) is 3.96. The molecule has 3 heteroatoms. The molecule has 0 amide bonds. The summed E-state index contributed by atoms with van der Waals surface area (Å²) in [4.78, 5) is 3.53. The number of rotatable bonds is 2. The molecule has 2 nitrogen and oxygen atoms in total. The van der Waals surface area contributed by atoms with Crippen LogP contribution in [0, 0.1) is 13.8 Å². The third-order valence-electron chi connectivity index (χ3n) is 4.84. The van der Waals surface area contributed by atoms with Crippen molar-refractivity contribution < 1.29 is 0 Å². The number of hydrogen-bond donors (Lipinski definition) is 2. The summed E-state index contributed by atoms with van der Waals surface area (Å²) in [6.07, 6.45) is 4.99. The number of hydrogen-bond acceptors (Lipinski definition) is 1. The van der Waals surface area contributed by atoms with Gasteiger partial charge in [-0.2, -0.15) is 0 Å². The van der Waals surface area contributed by atoms with E-state index in [4.69, 9.17) is 17.3 Å². The summed E-state index contributed by atoms with van der Waals surface area (Å²) < 4.78 is 0. The molecule has 0 saturated heterocycles. The van der Waals surface area contributed by atoms with E-state index in [1.165, 1.54) is 47.8 Å². The summed E-state index contributed by atoms with van der Waals surface area (Å²) >= 11 is 6.23. The van der Waals surface area contributed by atoms with Crippen LogP contribution in [0.1, 0.15) is 42.5 Å². The number of fused-ring (bicyclic) bond motifs is 1. The van der Waals surface area contributed by atoms with Gasteiger partial charge >= 0.3 is 0 Å². The van der Waals surface area contributed by atoms with E-state index in [9.17, 15) is 0 Å². The first-order valence-electron chi connectivity index (χ1n) is 7.07. The van der Waals surface area contributed by atoms with Crippen molar-refractivity contribution in [1.29, 1.82) is 0 Å². The molecule has 1 heterocycles. The van der Waals surface area contributed by atoms with Crippen LogP contribution in [0.3, 0.4) is 0 Å². The van der Waals surface area contributed by atoms with Crippen molar-refractivity contribution in [2.45, 2.75) is 44.9 Å². The fourth-order valence-electron chi connectivity index (χ4n) is 3.80. The molecule has 102 valence electrons. The molecule has 1 aromatic carbocycles. The van der Waals surface area contributed by atoms with Gasteiger partial charge in [-0.3, -0.25) is 0 Å². The maximum Gasteiger partial charge on any atom is 0.0503 e. The third kappa shape index (κ3) is 1.81. The molecular weight excluding hydrogens is 256 g/mol. The van der Waals surface area contributed by atoms with Crippen molar-refractivity contribution in [2.24, 2.45) is 5.73 Å². The molecule has 0 aliphatic heterocycles. The van der Waals surface area contributed by atoms with Crippen LogP contribution in [-0.2, 0) is 5.41 Å². The van der Waals surface area contributed by atoms with Gasteiger partial charge in [0.15, 0.2) is 0 Å². The number of nitrogens with one attached hydrogen (secondary N) is 1. The summed E-state index contributed by atoms with van der Waals surface area (Å²) in [5.74, 6) is 0. The van der Waals surface area contributed by atoms with E-state index >= 15 is 0 Å². The number of aryl methyl sites for hydroxylation is 2. The maximum absolute atomic E-state index is 6.23. The van der Waals surface area contributed by atoms with E-state index in [0.29, 0.717) is 0 Å². The standard InChI is InChI=1S/C16H21ClN2/c1-10-13(17)6-5-12-14(11(2)19-15(10)12)16(9-18)7-3-4-8-16/h5-6,19H,3-4,7-9,18H2,1-2H3. The Kier molecular flexibility index (Phi) is 3.11. The van der Waals surface area contributed by atoms with Crippen LogP contribution in [-0.4, -0.2) is 11.5 Å². The molecule has 0 radical (unpaired) electrons. The Morgan fingerprint density at radius 1 is 1.26 bits per heavy atom. The molecule has 0 bridgehead atoms. The van der Waals surface area contributed by atoms with Gasteiger partial charge in [-0.15, -0.1) is 0 Å². The monoisotopic (exact) mass is 276 g/mol. The highest BCUT2D eigenvalue weighted by molar-refractivity contribution is 6.32. The normalized spacial score (nSPS) is 18.3. The molecule has 2 aromatic rings. The first-order valence-corrected chi connectivity index (χ1v) is 7.45. The van der Waals surface area contributed by atoms with Crippen LogP contribution >= 0.6 is 11.6 Å². The second kappa shape index (κ2) is 4.53. The van der Waals surface area contributed by atoms with Gasteiger partial charge < -0.3 is 10.7 Å². The van der Waals surface area contributed by atoms with Crippen molar-refractivity contribution in [3.63, 3.8) is 0 Å². The Labute approximate surface area is 119 Å². The van der Waals surface area contributed by atoms with Crippen LogP contribution < -0.4 is 5.73 Å². The van der Waals surface area contributed by atoms with Crippen molar-refractivity contribution >= 4 is 22.5 Å². The molecule has 3 N–H and O–H groups in total. The van der Waals surface area contributed by atoms with Crippen molar-refractivity contribution in [3.8, 4) is 0 Å². The lowest BCUT2D eigenvalue weighted by Crippen LogP contribution is -2.32. The average molecular weight is 277 g/mol. The second-order valence-corrected chi connectivity index (χ2v) is 6.32. The largest absolute Gasteiger partial charge is 0.358 e. The molecule has 0 atom stereocenters. The van der Waals surface area contributed by atoms with Crippen LogP contribution in [0.2, 0.25) is 5.02 Å². The first kappa shape index (κ1) is 13.0. The van der Waals surface area contributed by atoms with E-state index in [2.05, 4.69) is 24.9 Å². The van der Waals surface area contributed by atoms with Gasteiger partial charge in [-0.05, 0) is 43.9 Å². The molecule has 1 aliphatic rings. The number of H-pyrrole nitrogens is 1. The van der Waals surface area contributed by atoms with E-state index in [1.54, 1.807) is 0 Å². The highest BCUT2D eigenvalue weighted by Crippen LogP contribution is 2.45. The Balaban J connectivity index is 2.29. The number of halogens is 1. The molecule has 1 aromatic heterocycles. The van der Waals surface area contributed by atoms with Crippen LogP contribution in [0.15, 0.2) is 12.1 Å². The van der Waals surface area contributed by atoms with Gasteiger partial charge in [0, 0.05) is 28.1 Å². The van der Waals surface area contributed by atoms with Crippen molar-refractivity contribution in [2.75, 3.05) is 6.54 Å². The van der Waals surface area contributed by atoms with Gasteiger partial charge in [-0.25, -0.2) is 0 Å². The first-order chi connectivity index (χ1) is 9.09. The third-order valence-corrected chi connectivity index (χ3v) is 5.25. The van der Waals surface area contributed by atoms with Gasteiger partial charge in [0.1, 0.15) is 0 Å². The molecule has 1 saturated carbocycles. The second-order valence-electron chi connectivity index (χ2n) is 5.91. The predicted octanol–water partition coefficient (Wildman–Crippen LogP) is 4.21. The van der Waals surface area contributed by atoms with E-state index in [0.717, 1.165) is 17.1 Å². The summed E-state index contributed by atoms with van der Waals surface area (Å²) in [6.45, 7) is 4.98. The fraction of sp³-hybridized carbons (Fsp3) is 0.500. The zero-order chi connectivity index (χ0) is 13.6. The van der Waals surface area contributed by atoms with Crippen molar-refractivity contribution in [3.05, 3.63) is 34.0 Å². The van der Waals surface area contributed by atoms with E-state index in [1.807, 2.05) is 6.07 Å². The molecule has 0 unspecified atom stereocenters. The van der Waals surface area contributed by atoms with Crippen molar-refractivity contribution in [1.82, 2.24) is 4.98 Å². The lowest BCUT2D eigenvalue weighted by atomic mass is 9.77. The zero-order valence-corrected chi connectivity index (χ0v) is 12.4. The Bertz CT molecular complexity index is 621. The lowest BCUT2D eigenvalue weighted by molar-refractivity contribution is 0.454. The molecule has 1 aliphatic carbocycles. The number of benzene rings is 1. The number of nitrogens with two attached hydrogens (primary N) is 1. The quantitative estimate of drug-likeness (QED) is 0.848. The highest BCUT2D eigenvalue weighted by atomic mass is 35.5. The minimum atomic E-state index is 0.169. The highest BCUT2D eigenvalue weighted by Gasteiger charge is 2.37. The molecule has 0 spiro atoms. The Morgan fingerprint density at radius 2 is 1.95 bits per heavy atom. The molecule has 1 fully saturated rings. The maximum atomic E-state index is 6.23. The summed E-state index contributed by atoms with van der Waals surface area (Å²) in [7, 11) is 0. The lowest BCUT2D eigenvalue weighted by Gasteiger charge is -2.28. The number of aromatic amines is 1. The predicted molar refractivity (Wildman–Crippen MR) is 82.0 cm³/mol. The average Bonchev–Trinajstić information content (AvgIpc) is 2.99. The molecule has 19 heavy (non-hydrogen) atoms. The topological polar surface area (TPSA) is 41.8 Å². The zero-order valence-electron chi connectivity index (χ0n) is 11.6. The Morgan fingerprint density at radius 3 is 2.58 bits per heavy atom. The minimum Gasteiger partial charge on any atom is -0.358 e. The van der Waals surface area contributed by atoms with Gasteiger partial charge in [0.25, 0.3) is 0 Å². The summed E-state index contributed by atoms with van der Waals surface area (Å²) in [5.41, 5.74) is 11.3. The molecule has 3 rings (SSSR count).